The van der Waals surface area contributed by atoms with Gasteiger partial charge in [0.15, 0.2) is 11.6 Å². The second-order valence-electron chi connectivity index (χ2n) is 10.2. The van der Waals surface area contributed by atoms with Gasteiger partial charge in [-0.2, -0.15) is 13.2 Å². The molecule has 0 radical (unpaired) electrons. The molecule has 2 aliphatic rings. The zero-order valence-electron chi connectivity index (χ0n) is 21.2. The van der Waals surface area contributed by atoms with Crippen LogP contribution in [0.4, 0.5) is 13.2 Å². The number of hydrogen-bond acceptors (Lipinski definition) is 6. The van der Waals surface area contributed by atoms with Gasteiger partial charge in [-0.05, 0) is 69.5 Å². The van der Waals surface area contributed by atoms with E-state index in [2.05, 4.69) is 5.43 Å². The van der Waals surface area contributed by atoms with Gasteiger partial charge >= 0.3 is 12.1 Å². The monoisotopic (exact) mass is 506 g/mol. The largest absolute Gasteiger partial charge is 0.496 e. The van der Waals surface area contributed by atoms with Gasteiger partial charge in [-0.3, -0.25) is 5.43 Å². The smallest absolute Gasteiger partial charge is 0.418 e. The first-order valence-corrected chi connectivity index (χ1v) is 12.1. The number of ether oxygens (including phenoxy) is 3. The van der Waals surface area contributed by atoms with Crippen molar-refractivity contribution in [1.82, 2.24) is 10.4 Å². The van der Waals surface area contributed by atoms with Crippen molar-refractivity contribution in [2.75, 3.05) is 20.7 Å². The van der Waals surface area contributed by atoms with Gasteiger partial charge in [-0.15, -0.1) is 0 Å². The fourth-order valence-electron chi connectivity index (χ4n) is 5.48. The molecule has 6 nitrogen and oxygen atoms in total. The molecule has 1 saturated heterocycles. The lowest BCUT2D eigenvalue weighted by molar-refractivity contribution is -0.219. The van der Waals surface area contributed by atoms with E-state index in [0.29, 0.717) is 41.8 Å². The highest BCUT2D eigenvalue weighted by Gasteiger charge is 2.57. The number of rotatable bonds is 5. The molecule has 3 atom stereocenters. The second kappa shape index (κ2) is 9.68. The third-order valence-corrected chi connectivity index (χ3v) is 6.85. The number of benzene rings is 2. The van der Waals surface area contributed by atoms with Gasteiger partial charge in [-0.25, -0.2) is 9.80 Å². The first-order valence-electron chi connectivity index (χ1n) is 12.1. The first-order chi connectivity index (χ1) is 16.9. The first kappa shape index (κ1) is 26.4. The molecule has 1 fully saturated rings. The van der Waals surface area contributed by atoms with Crippen LogP contribution in [-0.4, -0.2) is 43.5 Å². The Morgan fingerprint density at radius 2 is 1.83 bits per heavy atom. The van der Waals surface area contributed by atoms with Crippen molar-refractivity contribution < 1.29 is 32.2 Å². The van der Waals surface area contributed by atoms with Crippen molar-refractivity contribution in [1.29, 1.82) is 0 Å². The Bertz CT molecular complexity index is 1100. The van der Waals surface area contributed by atoms with E-state index in [0.717, 1.165) is 0 Å². The average molecular weight is 507 g/mol. The number of nitrogens with one attached hydrogen (secondary N) is 1. The zero-order chi connectivity index (χ0) is 26.3. The Hall–Kier alpha value is -2.62. The molecule has 9 heteroatoms. The fraction of sp³-hybridized carbons (Fsp3) is 0.519. The van der Waals surface area contributed by atoms with Gasteiger partial charge in [0.1, 0.15) is 11.4 Å². The molecule has 0 amide bonds. The molecule has 0 aromatic heterocycles. The molecular weight excluding hydrogens is 473 g/mol. The predicted octanol–water partition coefficient (Wildman–Crippen LogP) is 5.38. The molecule has 196 valence electrons. The third kappa shape index (κ3) is 4.60. The van der Waals surface area contributed by atoms with Crippen LogP contribution in [0.2, 0.25) is 0 Å². The van der Waals surface area contributed by atoms with Crippen LogP contribution in [0, 0.1) is 0 Å². The molecule has 0 spiro atoms. The number of carbonyl (C=O) groups is 1. The van der Waals surface area contributed by atoms with Crippen LogP contribution in [0.5, 0.6) is 5.75 Å². The van der Waals surface area contributed by atoms with Crippen LogP contribution in [0.25, 0.3) is 0 Å². The summed E-state index contributed by atoms with van der Waals surface area (Å²) in [7, 11) is 3.22. The van der Waals surface area contributed by atoms with Gasteiger partial charge in [0.2, 0.25) is 0 Å². The maximum Gasteiger partial charge on any atom is 0.418 e. The minimum Gasteiger partial charge on any atom is -0.496 e. The highest BCUT2D eigenvalue weighted by molar-refractivity contribution is 5.85. The molecule has 1 unspecified atom stereocenters. The zero-order valence-corrected chi connectivity index (χ0v) is 21.2. The summed E-state index contributed by atoms with van der Waals surface area (Å²) in [5, 5.41) is 1.84. The minimum absolute atomic E-state index is 0.0611. The molecule has 2 aromatic rings. The van der Waals surface area contributed by atoms with Crippen molar-refractivity contribution in [2.24, 2.45) is 0 Å². The van der Waals surface area contributed by atoms with Crippen LogP contribution >= 0.6 is 0 Å². The molecule has 1 N–H and O–H groups in total. The maximum atomic E-state index is 14.2. The van der Waals surface area contributed by atoms with E-state index in [-0.39, 0.29) is 12.2 Å². The number of nitrogens with zero attached hydrogens (tertiary/aromatic N) is 1. The minimum atomic E-state index is -4.55. The Morgan fingerprint density at radius 1 is 1.14 bits per heavy atom. The van der Waals surface area contributed by atoms with E-state index < -0.39 is 35.3 Å². The van der Waals surface area contributed by atoms with E-state index in [1.807, 2.05) is 35.3 Å². The third-order valence-electron chi connectivity index (χ3n) is 6.85. The van der Waals surface area contributed by atoms with Crippen LogP contribution in [0.15, 0.2) is 42.5 Å². The quantitative estimate of drug-likeness (QED) is 0.550. The number of hydrazine groups is 1. The number of halogens is 3. The summed E-state index contributed by atoms with van der Waals surface area (Å²) in [5.74, 6) is -0.621. The van der Waals surface area contributed by atoms with Crippen molar-refractivity contribution in [2.45, 2.75) is 69.6 Å². The predicted molar refractivity (Wildman–Crippen MR) is 128 cm³/mol. The summed E-state index contributed by atoms with van der Waals surface area (Å²) >= 11 is 0. The number of methoxy groups -OCH3 is 1. The van der Waals surface area contributed by atoms with Gasteiger partial charge in [0.05, 0.1) is 13.7 Å². The van der Waals surface area contributed by atoms with E-state index in [1.54, 1.807) is 33.9 Å². The number of esters is 1. The molecule has 0 saturated carbocycles. The Kier molecular flexibility index (Phi) is 7.11. The SMILES string of the molecule is CNN1CCC[C@@H](c2cc3c(cc2OC)COC3C(F)(F)F)[C@@]1(C(=O)OC(C)(C)C)c1ccccc1. The van der Waals surface area contributed by atoms with Gasteiger partial charge < -0.3 is 14.2 Å². The summed E-state index contributed by atoms with van der Waals surface area (Å²) in [6.07, 6.45) is -5.32. The van der Waals surface area contributed by atoms with Gasteiger partial charge in [0.25, 0.3) is 0 Å². The lowest BCUT2D eigenvalue weighted by atomic mass is 9.68. The molecule has 36 heavy (non-hydrogen) atoms. The van der Waals surface area contributed by atoms with Crippen LogP contribution in [0.3, 0.4) is 0 Å². The number of alkyl halides is 3. The summed E-state index contributed by atoms with van der Waals surface area (Å²) < 4.78 is 58.2. The molecule has 2 aliphatic heterocycles. The average Bonchev–Trinajstić information content (AvgIpc) is 3.25. The van der Waals surface area contributed by atoms with Crippen molar-refractivity contribution >= 4 is 5.97 Å². The van der Waals surface area contributed by atoms with E-state index in [4.69, 9.17) is 14.2 Å². The number of fused-ring (bicyclic) bond motifs is 1. The normalized spacial score (nSPS) is 24.9. The highest BCUT2D eigenvalue weighted by Crippen LogP contribution is 2.53. The van der Waals surface area contributed by atoms with Crippen LogP contribution in [-0.2, 0) is 26.4 Å². The lowest BCUT2D eigenvalue weighted by Crippen LogP contribution is -2.63. The maximum absolute atomic E-state index is 14.2. The molecular formula is C27H33F3N2O4. The van der Waals surface area contributed by atoms with Crippen LogP contribution < -0.4 is 10.2 Å². The van der Waals surface area contributed by atoms with E-state index in [9.17, 15) is 18.0 Å². The van der Waals surface area contributed by atoms with Gasteiger partial charge in [-0.1, -0.05) is 30.3 Å². The lowest BCUT2D eigenvalue weighted by Gasteiger charge is -2.51. The second-order valence-corrected chi connectivity index (χ2v) is 10.2. The molecule has 2 aromatic carbocycles. The van der Waals surface area contributed by atoms with Crippen LogP contribution in [0.1, 0.15) is 67.9 Å². The molecule has 2 heterocycles. The topological polar surface area (TPSA) is 60.0 Å². The fourth-order valence-corrected chi connectivity index (χ4v) is 5.48. The molecule has 4 rings (SSSR count). The standard InChI is InChI=1S/C27H33F3N2O4/c1-25(2,3)36-24(33)26(18-10-7-6-8-11-18)21(12-9-13-32(26)31-4)20-15-19-17(14-22(20)34-5)16-35-23(19)27(28,29)30/h6-8,10-11,14-15,21,23,31H,9,12-13,16H2,1-5H3/t21-,23?,26+/m0/s1. The van der Waals surface area contributed by atoms with Crippen molar-refractivity contribution in [3.63, 3.8) is 0 Å². The molecule has 0 aliphatic carbocycles. The Morgan fingerprint density at radius 3 is 2.42 bits per heavy atom. The summed E-state index contributed by atoms with van der Waals surface area (Å²) in [5.41, 5.74) is 2.74. The number of hydrogen-bond donors (Lipinski definition) is 1. The van der Waals surface area contributed by atoms with E-state index >= 15 is 0 Å². The summed E-state index contributed by atoms with van der Waals surface area (Å²) in [6, 6.07) is 12.4. The van der Waals surface area contributed by atoms with Gasteiger partial charge in [0, 0.05) is 18.0 Å². The number of carbonyl (C=O) groups excluding carboxylic acids is 1. The Labute approximate surface area is 209 Å². The number of piperidine rings is 1. The summed E-state index contributed by atoms with van der Waals surface area (Å²) in [4.78, 5) is 14.2. The highest BCUT2D eigenvalue weighted by atomic mass is 19.4. The van der Waals surface area contributed by atoms with E-state index in [1.165, 1.54) is 13.2 Å². The summed E-state index contributed by atoms with van der Waals surface area (Å²) in [6.45, 7) is 5.78. The Balaban J connectivity index is 1.98. The van der Waals surface area contributed by atoms with Crippen molar-refractivity contribution in [3.05, 3.63) is 64.7 Å². The van der Waals surface area contributed by atoms with Crippen molar-refractivity contribution in [3.8, 4) is 5.75 Å². The molecule has 0 bridgehead atoms.